The Bertz CT molecular complexity index is 1400. The van der Waals surface area contributed by atoms with Crippen LogP contribution in [0.5, 0.6) is 17.2 Å². The average molecular weight is 599 g/mol. The van der Waals surface area contributed by atoms with Crippen molar-refractivity contribution >= 4 is 51.9 Å². The Kier molecular flexibility index (Phi) is 8.58. The van der Waals surface area contributed by atoms with Gasteiger partial charge in [-0.3, -0.25) is 14.9 Å². The molecule has 1 N–H and O–H groups in total. The molecule has 0 aliphatic heterocycles. The van der Waals surface area contributed by atoms with E-state index in [1.54, 1.807) is 42.5 Å². The Labute approximate surface area is 219 Å². The van der Waals surface area contributed by atoms with Gasteiger partial charge in [-0.15, -0.1) is 0 Å². The second-order valence-corrected chi connectivity index (χ2v) is 8.22. The maximum atomic E-state index is 12.7. The van der Waals surface area contributed by atoms with Crippen molar-refractivity contribution in [3.05, 3.63) is 91.0 Å². The van der Waals surface area contributed by atoms with Crippen LogP contribution in [0.1, 0.15) is 15.9 Å². The molecule has 0 radical (unpaired) electrons. The third-order valence-corrected chi connectivity index (χ3v) is 5.58. The molecule has 11 heteroatoms. The molecule has 0 heterocycles. The number of nitriles is 1. The maximum absolute atomic E-state index is 12.7. The number of halogens is 1. The first-order valence-corrected chi connectivity index (χ1v) is 11.3. The van der Waals surface area contributed by atoms with Gasteiger partial charge in [0.15, 0.2) is 11.5 Å². The Hall–Kier alpha value is -4.44. The number of hydrogen-bond acceptors (Lipinski definition) is 8. The molecule has 10 nitrogen and oxygen atoms in total. The van der Waals surface area contributed by atoms with Crippen molar-refractivity contribution in [1.29, 1.82) is 5.26 Å². The third-order valence-electron chi connectivity index (χ3n) is 4.78. The predicted octanol–water partition coefficient (Wildman–Crippen LogP) is 4.98. The second kappa shape index (κ2) is 11.8. The number of hydrogen-bond donors (Lipinski definition) is 1. The minimum absolute atomic E-state index is 0.0951. The van der Waals surface area contributed by atoms with Crippen molar-refractivity contribution in [2.45, 2.75) is 0 Å². The number of amides is 1. The molecule has 0 aromatic heterocycles. The number of carbonyl (C=O) groups excluding carboxylic acids is 2. The summed E-state index contributed by atoms with van der Waals surface area (Å²) >= 11 is 1.94. The van der Waals surface area contributed by atoms with Crippen molar-refractivity contribution in [3.8, 4) is 23.3 Å². The molecule has 0 saturated heterocycles. The SMILES string of the molecule is COc1ccc(NC(=O)/C(C#N)=C/c2cc(I)c(OC(=O)c3ccccc3)c(OC)c2)c([N+](=O)[O-])c1. The number of methoxy groups -OCH3 is 2. The van der Waals surface area contributed by atoms with E-state index in [0.717, 1.165) is 6.07 Å². The number of benzene rings is 3. The molecular formula is C25H18IN3O7. The van der Waals surface area contributed by atoms with Gasteiger partial charge in [0.2, 0.25) is 0 Å². The van der Waals surface area contributed by atoms with Crippen LogP contribution in [0.4, 0.5) is 11.4 Å². The number of nitro groups is 1. The number of esters is 1. The van der Waals surface area contributed by atoms with Crippen molar-refractivity contribution in [1.82, 2.24) is 0 Å². The van der Waals surface area contributed by atoms with E-state index in [2.05, 4.69) is 5.32 Å². The molecule has 0 saturated carbocycles. The number of nitrogens with one attached hydrogen (secondary N) is 1. The number of carbonyl (C=O) groups is 2. The quantitative estimate of drug-likeness (QED) is 0.0727. The highest BCUT2D eigenvalue weighted by Gasteiger charge is 2.20. The molecule has 0 bridgehead atoms. The molecule has 0 unspecified atom stereocenters. The first kappa shape index (κ1) is 26.2. The Balaban J connectivity index is 1.89. The van der Waals surface area contributed by atoms with Crippen molar-refractivity contribution in [3.63, 3.8) is 0 Å². The third kappa shape index (κ3) is 6.16. The molecule has 3 rings (SSSR count). The molecule has 3 aromatic rings. The van der Waals surface area contributed by atoms with E-state index in [0.29, 0.717) is 14.7 Å². The summed E-state index contributed by atoms with van der Waals surface area (Å²) in [5.41, 5.74) is -0.0304. The summed E-state index contributed by atoms with van der Waals surface area (Å²) in [7, 11) is 2.75. The summed E-state index contributed by atoms with van der Waals surface area (Å²) in [6.07, 6.45) is 1.29. The largest absolute Gasteiger partial charge is 0.496 e. The van der Waals surface area contributed by atoms with Crippen LogP contribution in [-0.4, -0.2) is 31.0 Å². The molecule has 0 aliphatic carbocycles. The normalized spacial score (nSPS) is 10.7. The molecule has 182 valence electrons. The molecule has 0 aliphatic rings. The number of ether oxygens (including phenoxy) is 3. The van der Waals surface area contributed by atoms with Gasteiger partial charge in [-0.25, -0.2) is 4.79 Å². The van der Waals surface area contributed by atoms with Crippen LogP contribution in [0.2, 0.25) is 0 Å². The lowest BCUT2D eigenvalue weighted by Crippen LogP contribution is -2.14. The zero-order valence-corrected chi connectivity index (χ0v) is 21.1. The molecule has 3 aromatic carbocycles. The molecule has 1 amide bonds. The Morgan fingerprint density at radius 1 is 1.08 bits per heavy atom. The van der Waals surface area contributed by atoms with E-state index >= 15 is 0 Å². The van der Waals surface area contributed by atoms with E-state index in [-0.39, 0.29) is 34.2 Å². The number of nitro benzene ring substituents is 1. The molecule has 36 heavy (non-hydrogen) atoms. The summed E-state index contributed by atoms with van der Waals surface area (Å²) in [6.45, 7) is 0. The van der Waals surface area contributed by atoms with Gasteiger partial charge in [0, 0.05) is 0 Å². The van der Waals surface area contributed by atoms with Gasteiger partial charge in [0.05, 0.1) is 34.3 Å². The van der Waals surface area contributed by atoms with Crippen molar-refractivity contribution < 1.29 is 28.7 Å². The van der Waals surface area contributed by atoms with E-state index in [9.17, 15) is 25.0 Å². The van der Waals surface area contributed by atoms with Gasteiger partial charge in [-0.05, 0) is 70.6 Å². The van der Waals surface area contributed by atoms with E-state index in [1.807, 2.05) is 22.6 Å². The van der Waals surface area contributed by atoms with Gasteiger partial charge in [0.1, 0.15) is 23.1 Å². The number of anilines is 1. The first-order chi connectivity index (χ1) is 17.3. The average Bonchev–Trinajstić information content (AvgIpc) is 2.88. The summed E-state index contributed by atoms with van der Waals surface area (Å²) in [6, 6.07) is 17.2. The van der Waals surface area contributed by atoms with Crippen LogP contribution in [0.25, 0.3) is 6.08 Å². The number of nitrogens with zero attached hydrogens (tertiary/aromatic N) is 2. The van der Waals surface area contributed by atoms with Gasteiger partial charge in [-0.2, -0.15) is 5.26 Å². The minimum atomic E-state index is -0.848. The standard InChI is InChI=1S/C25H18IN3O7/c1-34-18-8-9-20(21(13-18)29(32)33)28-24(30)17(14-27)10-15-11-19(26)23(22(12-15)35-2)36-25(31)16-6-4-3-5-7-16/h3-13H,1-2H3,(H,28,30)/b17-10+. The van der Waals surface area contributed by atoms with Crippen LogP contribution < -0.4 is 19.5 Å². The summed E-state index contributed by atoms with van der Waals surface area (Å²) in [5.74, 6) is -0.792. The van der Waals surface area contributed by atoms with E-state index in [1.165, 1.54) is 38.5 Å². The van der Waals surface area contributed by atoms with Gasteiger partial charge >= 0.3 is 5.97 Å². The zero-order valence-electron chi connectivity index (χ0n) is 19.0. The van der Waals surface area contributed by atoms with Crippen LogP contribution >= 0.6 is 22.6 Å². The smallest absolute Gasteiger partial charge is 0.343 e. The van der Waals surface area contributed by atoms with Gasteiger partial charge < -0.3 is 19.5 Å². The van der Waals surface area contributed by atoms with Crippen molar-refractivity contribution in [2.24, 2.45) is 0 Å². The topological polar surface area (TPSA) is 141 Å². The summed E-state index contributed by atoms with van der Waals surface area (Å²) in [5, 5.41) is 23.3. The van der Waals surface area contributed by atoms with Crippen LogP contribution in [0, 0.1) is 25.0 Å². The fourth-order valence-corrected chi connectivity index (χ4v) is 3.78. The van der Waals surface area contributed by atoms with Gasteiger partial charge in [0.25, 0.3) is 11.6 Å². The lowest BCUT2D eigenvalue weighted by atomic mass is 10.1. The highest BCUT2D eigenvalue weighted by molar-refractivity contribution is 14.1. The molecule has 0 spiro atoms. The van der Waals surface area contributed by atoms with Crippen LogP contribution in [0.15, 0.2) is 66.2 Å². The Morgan fingerprint density at radius 3 is 2.42 bits per heavy atom. The maximum Gasteiger partial charge on any atom is 0.343 e. The molecular weight excluding hydrogens is 581 g/mol. The van der Waals surface area contributed by atoms with Crippen LogP contribution in [0.3, 0.4) is 0 Å². The Morgan fingerprint density at radius 2 is 1.81 bits per heavy atom. The van der Waals surface area contributed by atoms with Gasteiger partial charge in [-0.1, -0.05) is 18.2 Å². The van der Waals surface area contributed by atoms with E-state index < -0.39 is 16.8 Å². The summed E-state index contributed by atoms with van der Waals surface area (Å²) in [4.78, 5) is 35.9. The lowest BCUT2D eigenvalue weighted by molar-refractivity contribution is -0.384. The number of rotatable bonds is 8. The minimum Gasteiger partial charge on any atom is -0.496 e. The fourth-order valence-electron chi connectivity index (χ4n) is 3.05. The zero-order chi connectivity index (χ0) is 26.2. The molecule has 0 atom stereocenters. The van der Waals surface area contributed by atoms with Crippen molar-refractivity contribution in [2.75, 3.05) is 19.5 Å². The fraction of sp³-hybridized carbons (Fsp3) is 0.0800. The second-order valence-electron chi connectivity index (χ2n) is 7.05. The summed E-state index contributed by atoms with van der Waals surface area (Å²) < 4.78 is 16.3. The highest BCUT2D eigenvalue weighted by atomic mass is 127. The lowest BCUT2D eigenvalue weighted by Gasteiger charge is -2.12. The molecule has 0 fully saturated rings. The predicted molar refractivity (Wildman–Crippen MR) is 139 cm³/mol. The van der Waals surface area contributed by atoms with E-state index in [4.69, 9.17) is 14.2 Å². The highest BCUT2D eigenvalue weighted by Crippen LogP contribution is 2.35. The van der Waals surface area contributed by atoms with Crippen LogP contribution in [-0.2, 0) is 4.79 Å². The monoisotopic (exact) mass is 599 g/mol. The first-order valence-electron chi connectivity index (χ1n) is 10.2.